The maximum atomic E-state index is 13.3. The highest BCUT2D eigenvalue weighted by Crippen LogP contribution is 2.26. The van der Waals surface area contributed by atoms with Gasteiger partial charge in [-0.15, -0.1) is 0 Å². The van der Waals surface area contributed by atoms with Crippen molar-refractivity contribution in [3.63, 3.8) is 0 Å². The molecule has 0 unspecified atom stereocenters. The van der Waals surface area contributed by atoms with Crippen molar-refractivity contribution >= 4 is 11.6 Å². The summed E-state index contributed by atoms with van der Waals surface area (Å²) in [6.07, 6.45) is 1.63. The predicted molar refractivity (Wildman–Crippen MR) is 68.5 cm³/mol. The van der Waals surface area contributed by atoms with Gasteiger partial charge in [0.15, 0.2) is 0 Å². The molecule has 0 saturated carbocycles. The van der Waals surface area contributed by atoms with E-state index in [2.05, 4.69) is 10.3 Å². The number of ether oxygens (including phenoxy) is 1. The van der Waals surface area contributed by atoms with E-state index < -0.39 is 5.82 Å². The van der Waals surface area contributed by atoms with Crippen molar-refractivity contribution in [2.45, 2.75) is 6.54 Å². The summed E-state index contributed by atoms with van der Waals surface area (Å²) in [5, 5.41) is 3.08. The Balaban J connectivity index is 2.25. The Morgan fingerprint density at radius 1 is 1.39 bits per heavy atom. The van der Waals surface area contributed by atoms with E-state index >= 15 is 0 Å². The van der Waals surface area contributed by atoms with E-state index in [0.29, 0.717) is 18.2 Å². The Hall–Kier alpha value is -1.65. The van der Waals surface area contributed by atoms with E-state index in [1.807, 2.05) is 19.2 Å². The van der Waals surface area contributed by atoms with Crippen molar-refractivity contribution in [3.8, 4) is 11.6 Å². The van der Waals surface area contributed by atoms with Crippen LogP contribution in [0.2, 0.25) is 5.02 Å². The lowest BCUT2D eigenvalue weighted by Gasteiger charge is -2.09. The number of rotatable bonds is 4. The van der Waals surface area contributed by atoms with Gasteiger partial charge in [-0.1, -0.05) is 17.7 Å². The molecule has 0 aliphatic rings. The third-order valence-corrected chi connectivity index (χ3v) is 2.63. The first-order valence-electron chi connectivity index (χ1n) is 5.42. The summed E-state index contributed by atoms with van der Waals surface area (Å²) in [7, 11) is 1.83. The Kier molecular flexibility index (Phi) is 4.12. The quantitative estimate of drug-likeness (QED) is 0.921. The van der Waals surface area contributed by atoms with Crippen LogP contribution in [0.15, 0.2) is 36.5 Å². The Labute approximate surface area is 110 Å². The lowest BCUT2D eigenvalue weighted by atomic mass is 10.2. The van der Waals surface area contributed by atoms with E-state index in [-0.39, 0.29) is 5.02 Å². The standard InChI is InChI=1S/C13H12ClFN2O/c1-16-8-9-3-2-6-17-13(9)18-10-4-5-11(14)12(15)7-10/h2-7,16H,8H2,1H3. The molecule has 0 amide bonds. The van der Waals surface area contributed by atoms with Crippen molar-refractivity contribution in [3.05, 3.63) is 52.9 Å². The van der Waals surface area contributed by atoms with Gasteiger partial charge in [0.1, 0.15) is 11.6 Å². The molecule has 0 saturated heterocycles. The zero-order valence-electron chi connectivity index (χ0n) is 9.78. The van der Waals surface area contributed by atoms with Gasteiger partial charge in [-0.05, 0) is 25.2 Å². The molecule has 1 aromatic heterocycles. The molecule has 0 aliphatic heterocycles. The maximum Gasteiger partial charge on any atom is 0.223 e. The first kappa shape index (κ1) is 12.8. The van der Waals surface area contributed by atoms with Gasteiger partial charge in [0.05, 0.1) is 5.02 Å². The smallest absolute Gasteiger partial charge is 0.223 e. The molecular formula is C13H12ClFN2O. The van der Waals surface area contributed by atoms with Crippen LogP contribution >= 0.6 is 11.6 Å². The fraction of sp³-hybridized carbons (Fsp3) is 0.154. The van der Waals surface area contributed by atoms with E-state index in [0.717, 1.165) is 5.56 Å². The summed E-state index contributed by atoms with van der Waals surface area (Å²) in [5.74, 6) is 0.307. The van der Waals surface area contributed by atoms with Gasteiger partial charge in [-0.25, -0.2) is 9.37 Å². The number of hydrogen-bond acceptors (Lipinski definition) is 3. The zero-order valence-corrected chi connectivity index (χ0v) is 10.5. The normalized spacial score (nSPS) is 10.4. The first-order valence-corrected chi connectivity index (χ1v) is 5.80. The number of pyridine rings is 1. The average molecular weight is 267 g/mol. The lowest BCUT2D eigenvalue weighted by Crippen LogP contribution is -2.07. The highest BCUT2D eigenvalue weighted by Gasteiger charge is 2.07. The Morgan fingerprint density at radius 2 is 2.22 bits per heavy atom. The van der Waals surface area contributed by atoms with Gasteiger partial charge in [0, 0.05) is 24.4 Å². The molecule has 94 valence electrons. The van der Waals surface area contributed by atoms with Crippen LogP contribution in [-0.2, 0) is 6.54 Å². The van der Waals surface area contributed by atoms with Crippen LogP contribution < -0.4 is 10.1 Å². The summed E-state index contributed by atoms with van der Waals surface area (Å²) in [4.78, 5) is 4.13. The molecule has 1 N–H and O–H groups in total. The minimum absolute atomic E-state index is 0.0684. The topological polar surface area (TPSA) is 34.2 Å². The fourth-order valence-corrected chi connectivity index (χ4v) is 1.61. The molecule has 0 fully saturated rings. The largest absolute Gasteiger partial charge is 0.439 e. The monoisotopic (exact) mass is 266 g/mol. The highest BCUT2D eigenvalue weighted by atomic mass is 35.5. The Bertz CT molecular complexity index is 548. The van der Waals surface area contributed by atoms with Crippen molar-refractivity contribution in [2.24, 2.45) is 0 Å². The molecule has 1 heterocycles. The number of nitrogens with zero attached hydrogens (tertiary/aromatic N) is 1. The maximum absolute atomic E-state index is 13.3. The van der Waals surface area contributed by atoms with Crippen LogP contribution in [0.4, 0.5) is 4.39 Å². The summed E-state index contributed by atoms with van der Waals surface area (Å²) in [6, 6.07) is 8.00. The first-order chi connectivity index (χ1) is 8.70. The van der Waals surface area contributed by atoms with Gasteiger partial charge in [0.2, 0.25) is 5.88 Å². The van der Waals surface area contributed by atoms with Crippen LogP contribution in [0.5, 0.6) is 11.6 Å². The van der Waals surface area contributed by atoms with Crippen LogP contribution in [0, 0.1) is 5.82 Å². The molecule has 3 nitrogen and oxygen atoms in total. The summed E-state index contributed by atoms with van der Waals surface area (Å²) in [6.45, 7) is 0.624. The number of nitrogens with one attached hydrogen (secondary N) is 1. The van der Waals surface area contributed by atoms with E-state index in [4.69, 9.17) is 16.3 Å². The number of benzene rings is 1. The minimum Gasteiger partial charge on any atom is -0.439 e. The Morgan fingerprint density at radius 3 is 2.94 bits per heavy atom. The van der Waals surface area contributed by atoms with Crippen molar-refractivity contribution < 1.29 is 9.13 Å². The molecule has 0 bridgehead atoms. The average Bonchev–Trinajstić information content (AvgIpc) is 2.37. The highest BCUT2D eigenvalue weighted by molar-refractivity contribution is 6.30. The third kappa shape index (κ3) is 2.97. The van der Waals surface area contributed by atoms with Crippen molar-refractivity contribution in [1.29, 1.82) is 0 Å². The second-order valence-corrected chi connectivity index (χ2v) is 4.08. The van der Waals surface area contributed by atoms with E-state index in [9.17, 15) is 4.39 Å². The molecule has 2 aromatic rings. The molecule has 18 heavy (non-hydrogen) atoms. The van der Waals surface area contributed by atoms with E-state index in [1.165, 1.54) is 12.1 Å². The number of aromatic nitrogens is 1. The minimum atomic E-state index is -0.514. The number of halogens is 2. The third-order valence-electron chi connectivity index (χ3n) is 2.32. The van der Waals surface area contributed by atoms with E-state index in [1.54, 1.807) is 12.3 Å². The van der Waals surface area contributed by atoms with Gasteiger partial charge in [-0.2, -0.15) is 0 Å². The van der Waals surface area contributed by atoms with Gasteiger partial charge in [0.25, 0.3) is 0 Å². The SMILES string of the molecule is CNCc1cccnc1Oc1ccc(Cl)c(F)c1. The predicted octanol–water partition coefficient (Wildman–Crippen LogP) is 3.39. The summed E-state index contributed by atoms with van der Waals surface area (Å²) in [5.41, 5.74) is 0.898. The molecule has 5 heteroatoms. The molecule has 2 rings (SSSR count). The van der Waals surface area contributed by atoms with Gasteiger partial charge >= 0.3 is 0 Å². The zero-order chi connectivity index (χ0) is 13.0. The van der Waals surface area contributed by atoms with Crippen molar-refractivity contribution in [1.82, 2.24) is 10.3 Å². The molecular weight excluding hydrogens is 255 g/mol. The molecule has 0 aliphatic carbocycles. The van der Waals surface area contributed by atoms with Gasteiger partial charge in [-0.3, -0.25) is 0 Å². The second kappa shape index (κ2) is 5.80. The molecule has 0 radical (unpaired) electrons. The van der Waals surface area contributed by atoms with Crippen LogP contribution in [0.3, 0.4) is 0 Å². The van der Waals surface area contributed by atoms with Crippen LogP contribution in [0.25, 0.3) is 0 Å². The summed E-state index contributed by atoms with van der Waals surface area (Å²) < 4.78 is 18.8. The van der Waals surface area contributed by atoms with Crippen molar-refractivity contribution in [2.75, 3.05) is 7.05 Å². The summed E-state index contributed by atoms with van der Waals surface area (Å²) >= 11 is 5.61. The molecule has 0 atom stereocenters. The second-order valence-electron chi connectivity index (χ2n) is 3.68. The molecule has 0 spiro atoms. The number of hydrogen-bond donors (Lipinski definition) is 1. The van der Waals surface area contributed by atoms with Crippen LogP contribution in [0.1, 0.15) is 5.56 Å². The lowest BCUT2D eigenvalue weighted by molar-refractivity contribution is 0.450. The van der Waals surface area contributed by atoms with Gasteiger partial charge < -0.3 is 10.1 Å². The van der Waals surface area contributed by atoms with Crippen LogP contribution in [-0.4, -0.2) is 12.0 Å². The fourth-order valence-electron chi connectivity index (χ4n) is 1.49. The molecule has 1 aromatic carbocycles.